The predicted octanol–water partition coefficient (Wildman–Crippen LogP) is 2.24. The molecule has 1 fully saturated rings. The van der Waals surface area contributed by atoms with Gasteiger partial charge in [0.15, 0.2) is 0 Å². The monoisotopic (exact) mass is 442 g/mol. The maximum absolute atomic E-state index is 12.7. The molecule has 0 atom stereocenters. The van der Waals surface area contributed by atoms with Gasteiger partial charge in [-0.1, -0.05) is 29.8 Å². The molecule has 3 rings (SSSR count). The Morgan fingerprint density at radius 1 is 1.14 bits per heavy atom. The van der Waals surface area contributed by atoms with Gasteiger partial charge in [-0.15, -0.1) is 0 Å². The summed E-state index contributed by atoms with van der Waals surface area (Å²) >= 11 is 5.83. The third kappa shape index (κ3) is 4.38. The van der Waals surface area contributed by atoms with Gasteiger partial charge in [0.1, 0.15) is 0 Å². The number of anilines is 1. The average molecular weight is 443 g/mol. The minimum atomic E-state index is -3.88. The molecule has 1 saturated heterocycles. The highest BCUT2D eigenvalue weighted by atomic mass is 35.5. The quantitative estimate of drug-likeness (QED) is 0.739. The van der Waals surface area contributed by atoms with Crippen LogP contribution in [0, 0.1) is 6.92 Å². The number of aryl methyl sites for hydroxylation is 1. The lowest BCUT2D eigenvalue weighted by Crippen LogP contribution is -2.30. The molecule has 1 amide bonds. The molecule has 0 spiro atoms. The van der Waals surface area contributed by atoms with E-state index in [1.54, 1.807) is 19.1 Å². The molecule has 0 bridgehead atoms. The average Bonchev–Trinajstić information content (AvgIpc) is 2.90. The standard InChI is InChI=1S/C18H19ClN2O5S2/c1-13-2-7-16(21-18(22)9-11-27(21,23)24)12-17(13)28(25,26)20-10-8-14-3-5-15(19)6-4-14/h2-7,12,20H,8-11H2,1H3. The van der Waals surface area contributed by atoms with Crippen LogP contribution in [0.2, 0.25) is 5.02 Å². The number of nitrogens with one attached hydrogen (secondary N) is 1. The molecule has 150 valence electrons. The van der Waals surface area contributed by atoms with E-state index < -0.39 is 26.0 Å². The Kier molecular flexibility index (Phi) is 5.81. The van der Waals surface area contributed by atoms with Crippen LogP contribution in [0.4, 0.5) is 5.69 Å². The van der Waals surface area contributed by atoms with E-state index >= 15 is 0 Å². The fraction of sp³-hybridized carbons (Fsp3) is 0.278. The van der Waals surface area contributed by atoms with Crippen LogP contribution >= 0.6 is 11.6 Å². The number of carbonyl (C=O) groups excluding carboxylic acids is 1. The summed E-state index contributed by atoms with van der Waals surface area (Å²) in [5, 5.41) is 0.600. The van der Waals surface area contributed by atoms with Crippen molar-refractivity contribution < 1.29 is 21.6 Å². The van der Waals surface area contributed by atoms with Crippen molar-refractivity contribution >= 4 is 43.2 Å². The van der Waals surface area contributed by atoms with Crippen molar-refractivity contribution in [3.05, 3.63) is 58.6 Å². The molecule has 7 nitrogen and oxygen atoms in total. The van der Waals surface area contributed by atoms with Crippen molar-refractivity contribution in [1.29, 1.82) is 0 Å². The van der Waals surface area contributed by atoms with Crippen molar-refractivity contribution in [2.24, 2.45) is 0 Å². The smallest absolute Gasteiger partial charge is 0.242 e. The number of hydrogen-bond donors (Lipinski definition) is 1. The topological polar surface area (TPSA) is 101 Å². The van der Waals surface area contributed by atoms with E-state index in [0.29, 0.717) is 21.3 Å². The van der Waals surface area contributed by atoms with Crippen LogP contribution in [0.25, 0.3) is 0 Å². The lowest BCUT2D eigenvalue weighted by molar-refractivity contribution is -0.116. The maximum atomic E-state index is 12.7. The summed E-state index contributed by atoms with van der Waals surface area (Å²) in [5.74, 6) is -0.843. The Hall–Kier alpha value is -1.94. The first-order valence-corrected chi connectivity index (χ1v) is 12.0. The largest absolute Gasteiger partial charge is 0.273 e. The van der Waals surface area contributed by atoms with Gasteiger partial charge >= 0.3 is 0 Å². The molecule has 2 aromatic carbocycles. The predicted molar refractivity (Wildman–Crippen MR) is 107 cm³/mol. The summed E-state index contributed by atoms with van der Waals surface area (Å²) in [4.78, 5) is 11.9. The van der Waals surface area contributed by atoms with Crippen LogP contribution in [0.3, 0.4) is 0 Å². The molecule has 1 aliphatic heterocycles. The first-order chi connectivity index (χ1) is 13.1. The van der Waals surface area contributed by atoms with Gasteiger partial charge in [0.25, 0.3) is 0 Å². The zero-order chi connectivity index (χ0) is 20.5. The Labute approximate surface area is 169 Å². The molecule has 0 radical (unpaired) electrons. The lowest BCUT2D eigenvalue weighted by atomic mass is 10.2. The van der Waals surface area contributed by atoms with Crippen molar-refractivity contribution in [3.8, 4) is 0 Å². The third-order valence-corrected chi connectivity index (χ3v) is 7.94. The minimum Gasteiger partial charge on any atom is -0.273 e. The van der Waals surface area contributed by atoms with E-state index in [0.717, 1.165) is 5.56 Å². The zero-order valence-electron chi connectivity index (χ0n) is 15.1. The van der Waals surface area contributed by atoms with Gasteiger partial charge < -0.3 is 0 Å². The number of benzene rings is 2. The Bertz CT molecular complexity index is 1110. The number of halogens is 1. The minimum absolute atomic E-state index is 0.0335. The van der Waals surface area contributed by atoms with Gasteiger partial charge in [-0.3, -0.25) is 4.79 Å². The maximum Gasteiger partial charge on any atom is 0.242 e. The summed E-state index contributed by atoms with van der Waals surface area (Å²) in [6.45, 7) is 1.77. The first-order valence-electron chi connectivity index (χ1n) is 8.51. The Morgan fingerprint density at radius 2 is 1.82 bits per heavy atom. The fourth-order valence-corrected chi connectivity index (χ4v) is 5.80. The van der Waals surface area contributed by atoms with Gasteiger partial charge in [0.05, 0.1) is 16.3 Å². The summed E-state index contributed by atoms with van der Waals surface area (Å²) in [7, 11) is -7.65. The van der Waals surface area contributed by atoms with Gasteiger partial charge in [-0.25, -0.2) is 25.9 Å². The van der Waals surface area contributed by atoms with Crippen molar-refractivity contribution in [1.82, 2.24) is 4.72 Å². The SMILES string of the molecule is Cc1ccc(N2C(=O)CCS2(=O)=O)cc1S(=O)(=O)NCCc1ccc(Cl)cc1. The van der Waals surface area contributed by atoms with Crippen molar-refractivity contribution in [3.63, 3.8) is 0 Å². The number of nitrogens with zero attached hydrogens (tertiary/aromatic N) is 1. The van der Waals surface area contributed by atoms with Crippen LogP contribution in [-0.2, 0) is 31.3 Å². The Balaban J connectivity index is 1.81. The molecular weight excluding hydrogens is 424 g/mol. The van der Waals surface area contributed by atoms with Crippen molar-refractivity contribution in [2.45, 2.75) is 24.7 Å². The van der Waals surface area contributed by atoms with E-state index in [2.05, 4.69) is 4.72 Å². The van der Waals surface area contributed by atoms with E-state index in [1.807, 2.05) is 12.1 Å². The number of rotatable bonds is 6. The van der Waals surface area contributed by atoms with E-state index in [4.69, 9.17) is 11.6 Å². The molecule has 10 heteroatoms. The number of amides is 1. The second-order valence-corrected chi connectivity index (χ2v) is 10.6. The zero-order valence-corrected chi connectivity index (χ0v) is 17.4. The third-order valence-electron chi connectivity index (χ3n) is 4.39. The van der Waals surface area contributed by atoms with Gasteiger partial charge in [-0.2, -0.15) is 0 Å². The Morgan fingerprint density at radius 3 is 2.43 bits per heavy atom. The molecule has 0 aliphatic carbocycles. The van der Waals surface area contributed by atoms with Crippen LogP contribution in [0.15, 0.2) is 47.4 Å². The lowest BCUT2D eigenvalue weighted by Gasteiger charge is -2.17. The second kappa shape index (κ2) is 7.82. The van der Waals surface area contributed by atoms with Gasteiger partial charge in [0.2, 0.25) is 26.0 Å². The summed E-state index contributed by atoms with van der Waals surface area (Å²) in [6, 6.07) is 11.2. The highest BCUT2D eigenvalue weighted by Gasteiger charge is 2.36. The molecular formula is C18H19ClN2O5S2. The van der Waals surface area contributed by atoms with Crippen LogP contribution in [0.1, 0.15) is 17.5 Å². The molecule has 28 heavy (non-hydrogen) atoms. The van der Waals surface area contributed by atoms with Gasteiger partial charge in [0, 0.05) is 18.0 Å². The van der Waals surface area contributed by atoms with E-state index in [9.17, 15) is 21.6 Å². The molecule has 0 saturated carbocycles. The van der Waals surface area contributed by atoms with Gasteiger partial charge in [-0.05, 0) is 48.7 Å². The van der Waals surface area contributed by atoms with Crippen LogP contribution in [-0.4, -0.2) is 35.0 Å². The molecule has 1 aliphatic rings. The van der Waals surface area contributed by atoms with E-state index in [1.165, 1.54) is 18.2 Å². The molecule has 2 aromatic rings. The second-order valence-electron chi connectivity index (χ2n) is 6.45. The highest BCUT2D eigenvalue weighted by Crippen LogP contribution is 2.29. The summed E-state index contributed by atoms with van der Waals surface area (Å²) in [5.41, 5.74) is 1.41. The number of carbonyl (C=O) groups is 1. The number of hydrogen-bond acceptors (Lipinski definition) is 5. The molecule has 1 heterocycles. The summed E-state index contributed by atoms with van der Waals surface area (Å²) < 4.78 is 52.8. The number of sulfonamides is 2. The molecule has 0 unspecified atom stereocenters. The normalized spacial score (nSPS) is 16.5. The summed E-state index contributed by atoms with van der Waals surface area (Å²) in [6.07, 6.45) is 0.353. The van der Waals surface area contributed by atoms with Crippen molar-refractivity contribution in [2.75, 3.05) is 16.6 Å². The fourth-order valence-electron chi connectivity index (χ4n) is 2.93. The van der Waals surface area contributed by atoms with Crippen LogP contribution in [0.5, 0.6) is 0 Å². The first kappa shape index (κ1) is 20.8. The highest BCUT2D eigenvalue weighted by molar-refractivity contribution is 7.94. The molecule has 1 N–H and O–H groups in total. The molecule has 0 aromatic heterocycles. The van der Waals surface area contributed by atoms with Crippen LogP contribution < -0.4 is 9.03 Å². The van der Waals surface area contributed by atoms with E-state index in [-0.39, 0.29) is 29.3 Å².